The number of piperidine rings is 1. The summed E-state index contributed by atoms with van der Waals surface area (Å²) in [5.74, 6) is -1.51. The summed E-state index contributed by atoms with van der Waals surface area (Å²) in [6.07, 6.45) is -2.56. The zero-order chi connectivity index (χ0) is 36.4. The van der Waals surface area contributed by atoms with Crippen molar-refractivity contribution in [1.82, 2.24) is 39.8 Å². The molecule has 5 heterocycles. The second kappa shape index (κ2) is 14.3. The molecule has 0 aliphatic carbocycles. The van der Waals surface area contributed by atoms with Gasteiger partial charge in [0.1, 0.15) is 11.4 Å². The zero-order valence-electron chi connectivity index (χ0n) is 26.8. The summed E-state index contributed by atoms with van der Waals surface area (Å²) in [6.45, 7) is 1.86. The molecule has 2 aliphatic rings. The van der Waals surface area contributed by atoms with Crippen LogP contribution in [0.2, 0.25) is 5.02 Å². The number of imidazole rings is 1. The highest BCUT2D eigenvalue weighted by atomic mass is 35.5. The van der Waals surface area contributed by atoms with Crippen molar-refractivity contribution in [1.29, 1.82) is 0 Å². The van der Waals surface area contributed by atoms with E-state index in [2.05, 4.69) is 25.4 Å². The number of nitrogen functional groups attached to an aromatic ring is 1. The first kappa shape index (κ1) is 35.2. The van der Waals surface area contributed by atoms with Crippen LogP contribution in [0.15, 0.2) is 42.7 Å². The van der Waals surface area contributed by atoms with Gasteiger partial charge in [-0.1, -0.05) is 11.6 Å². The van der Waals surface area contributed by atoms with Crippen LogP contribution in [-0.2, 0) is 17.4 Å². The average molecular weight is 729 g/mol. The van der Waals surface area contributed by atoms with E-state index in [1.165, 1.54) is 47.6 Å². The van der Waals surface area contributed by atoms with E-state index in [0.717, 1.165) is 0 Å². The van der Waals surface area contributed by atoms with Gasteiger partial charge < -0.3 is 35.8 Å². The van der Waals surface area contributed by atoms with Gasteiger partial charge in [-0.25, -0.2) is 9.78 Å². The van der Waals surface area contributed by atoms with E-state index in [4.69, 9.17) is 22.4 Å². The normalized spacial score (nSPS) is 15.6. The van der Waals surface area contributed by atoms with Crippen LogP contribution in [-0.4, -0.2) is 108 Å². The summed E-state index contributed by atoms with van der Waals surface area (Å²) in [5.41, 5.74) is 5.51. The number of anilines is 2. The van der Waals surface area contributed by atoms with Gasteiger partial charge in [0.2, 0.25) is 5.91 Å². The number of carbonyl (C=O) groups excluding carboxylic acids is 3. The maximum Gasteiger partial charge on any atom is 0.433 e. The van der Waals surface area contributed by atoms with E-state index in [1.807, 2.05) is 5.10 Å². The van der Waals surface area contributed by atoms with Crippen molar-refractivity contribution >= 4 is 46.8 Å². The highest BCUT2D eigenvalue weighted by molar-refractivity contribution is 6.34. The minimum Gasteiger partial charge on any atom is -0.465 e. The number of nitrogens with two attached hydrogens (primary N) is 1. The van der Waals surface area contributed by atoms with Crippen LogP contribution in [0.4, 0.5) is 29.3 Å². The van der Waals surface area contributed by atoms with E-state index in [0.29, 0.717) is 44.7 Å². The molecule has 6 N–H and O–H groups in total. The Morgan fingerprint density at radius 3 is 2.29 bits per heavy atom. The second-order valence-corrected chi connectivity index (χ2v) is 12.6. The molecule has 1 aromatic carbocycles. The maximum absolute atomic E-state index is 13.8. The lowest BCUT2D eigenvalue weighted by molar-refractivity contribution is -0.141. The van der Waals surface area contributed by atoms with E-state index in [9.17, 15) is 32.3 Å². The molecule has 0 bridgehead atoms. The highest BCUT2D eigenvalue weighted by Gasteiger charge is 2.38. The lowest BCUT2D eigenvalue weighted by Gasteiger charge is -2.38. The fourth-order valence-electron chi connectivity index (χ4n) is 6.12. The number of carboxylic acid groups (broad SMARTS) is 1. The molecule has 0 atom stereocenters. The van der Waals surface area contributed by atoms with Crippen LogP contribution in [0.1, 0.15) is 50.8 Å². The Bertz CT molecular complexity index is 1950. The number of aromatic nitrogens is 5. The molecule has 0 radical (unpaired) electrons. The number of nitrogens with zero attached hydrogens (tertiary/aromatic N) is 6. The molecule has 4 amide bonds. The van der Waals surface area contributed by atoms with E-state index in [1.54, 1.807) is 9.80 Å². The van der Waals surface area contributed by atoms with Crippen molar-refractivity contribution in [3.8, 4) is 11.4 Å². The SMILES string of the molecule is Nc1ccc(-c2n[nH]c(C(F)(F)F)c2Cc2cnc(C(=O)Nc3ccc(C(=O)N4CCN(C(=O)C5CCN(C(=O)O)CC5)CC4)c(Cl)c3)[nH]2)nc1. The van der Waals surface area contributed by atoms with Gasteiger partial charge in [-0.2, -0.15) is 18.3 Å². The number of benzene rings is 1. The number of aromatic amines is 2. The summed E-state index contributed by atoms with van der Waals surface area (Å²) in [7, 11) is 0. The number of H-pyrrole nitrogens is 2. The Kier molecular flexibility index (Phi) is 9.86. The summed E-state index contributed by atoms with van der Waals surface area (Å²) in [4.78, 5) is 65.9. The fraction of sp³-hybridized carbons (Fsp3) is 0.344. The topological polar surface area (TPSA) is 207 Å². The number of amides is 4. The largest absolute Gasteiger partial charge is 0.465 e. The third kappa shape index (κ3) is 7.74. The maximum atomic E-state index is 13.8. The highest BCUT2D eigenvalue weighted by Crippen LogP contribution is 2.36. The lowest BCUT2D eigenvalue weighted by atomic mass is 9.95. The van der Waals surface area contributed by atoms with Crippen LogP contribution >= 0.6 is 11.6 Å². The Labute approximate surface area is 293 Å². The van der Waals surface area contributed by atoms with Gasteiger partial charge in [-0.15, -0.1) is 0 Å². The van der Waals surface area contributed by atoms with Crippen molar-refractivity contribution < 1.29 is 37.5 Å². The number of hydrogen-bond acceptors (Lipinski definition) is 8. The van der Waals surface area contributed by atoms with Crippen LogP contribution in [0.5, 0.6) is 0 Å². The first-order valence-corrected chi connectivity index (χ1v) is 16.2. The van der Waals surface area contributed by atoms with Crippen LogP contribution in [0.25, 0.3) is 11.4 Å². The van der Waals surface area contributed by atoms with Crippen LogP contribution < -0.4 is 11.1 Å². The molecule has 0 unspecified atom stereocenters. The monoisotopic (exact) mass is 728 g/mol. The van der Waals surface area contributed by atoms with E-state index < -0.39 is 23.9 Å². The average Bonchev–Trinajstić information content (AvgIpc) is 3.76. The first-order chi connectivity index (χ1) is 24.3. The fourth-order valence-corrected chi connectivity index (χ4v) is 6.38. The van der Waals surface area contributed by atoms with Crippen LogP contribution in [0, 0.1) is 5.92 Å². The molecule has 6 rings (SSSR count). The Hall–Kier alpha value is -5.65. The molecule has 2 saturated heterocycles. The van der Waals surface area contributed by atoms with Gasteiger partial charge in [-0.3, -0.25) is 24.5 Å². The number of alkyl halides is 3. The van der Waals surface area contributed by atoms with Crippen molar-refractivity contribution in [3.63, 3.8) is 0 Å². The Morgan fingerprint density at radius 1 is 0.961 bits per heavy atom. The number of piperazine rings is 1. The van der Waals surface area contributed by atoms with Crippen molar-refractivity contribution in [2.24, 2.45) is 5.92 Å². The van der Waals surface area contributed by atoms with Gasteiger partial charge in [0, 0.05) is 74.7 Å². The minimum absolute atomic E-state index is 0.0298. The molecule has 4 aromatic rings. The molecular formula is C32H32ClF3N10O5. The Morgan fingerprint density at radius 2 is 1.67 bits per heavy atom. The molecule has 268 valence electrons. The zero-order valence-corrected chi connectivity index (χ0v) is 27.6. The first-order valence-electron chi connectivity index (χ1n) is 15.9. The molecule has 0 spiro atoms. The third-order valence-electron chi connectivity index (χ3n) is 8.84. The van der Waals surface area contributed by atoms with E-state index >= 15 is 0 Å². The molecule has 2 aliphatic heterocycles. The van der Waals surface area contributed by atoms with Crippen molar-refractivity contribution in [2.45, 2.75) is 25.4 Å². The van der Waals surface area contributed by atoms with Gasteiger partial charge in [0.25, 0.3) is 11.8 Å². The molecule has 51 heavy (non-hydrogen) atoms. The summed E-state index contributed by atoms with van der Waals surface area (Å²) < 4.78 is 41.4. The second-order valence-electron chi connectivity index (χ2n) is 12.1. The summed E-state index contributed by atoms with van der Waals surface area (Å²) >= 11 is 6.45. The van der Waals surface area contributed by atoms with E-state index in [-0.39, 0.29) is 82.0 Å². The number of carbonyl (C=O) groups is 4. The minimum atomic E-state index is -4.74. The predicted molar refractivity (Wildman–Crippen MR) is 177 cm³/mol. The van der Waals surface area contributed by atoms with Gasteiger partial charge in [0.15, 0.2) is 5.82 Å². The summed E-state index contributed by atoms with van der Waals surface area (Å²) in [6, 6.07) is 7.28. The smallest absolute Gasteiger partial charge is 0.433 e. The molecule has 2 fully saturated rings. The number of likely N-dealkylation sites (tertiary alicyclic amines) is 1. The lowest BCUT2D eigenvalue weighted by Crippen LogP contribution is -2.53. The number of halogens is 4. The standard InChI is InChI=1S/C32H32ClF3N10O5/c33-23-14-19(2-3-21(23)30(49)45-11-9-44(10-12-45)29(48)17-5-7-46(8-6-17)31(50)51)41-28(47)27-39-16-20(40-27)13-22-25(24-4-1-18(37)15-38-24)42-43-26(22)32(34,35)36/h1-4,14-17H,5-13,37H2,(H,39,40)(H,41,47)(H,42,43)(H,50,51). The van der Waals surface area contributed by atoms with Gasteiger partial charge in [0.05, 0.1) is 28.2 Å². The number of hydrogen-bond donors (Lipinski definition) is 5. The van der Waals surface area contributed by atoms with Crippen molar-refractivity contribution in [2.75, 3.05) is 50.3 Å². The van der Waals surface area contributed by atoms with Gasteiger partial charge in [-0.05, 0) is 43.2 Å². The molecule has 3 aromatic heterocycles. The number of pyridine rings is 1. The molecule has 0 saturated carbocycles. The summed E-state index contributed by atoms with van der Waals surface area (Å²) in [5, 5.41) is 17.7. The van der Waals surface area contributed by atoms with Crippen LogP contribution in [0.3, 0.4) is 0 Å². The molecule has 19 heteroatoms. The number of rotatable bonds is 7. The molecular weight excluding hydrogens is 697 g/mol. The van der Waals surface area contributed by atoms with Gasteiger partial charge >= 0.3 is 12.3 Å². The third-order valence-corrected chi connectivity index (χ3v) is 9.15. The predicted octanol–water partition coefficient (Wildman–Crippen LogP) is 3.97. The Balaban J connectivity index is 1.06. The number of nitrogens with one attached hydrogen (secondary N) is 3. The quantitative estimate of drug-likeness (QED) is 0.186. The molecule has 15 nitrogen and oxygen atoms in total. The van der Waals surface area contributed by atoms with Crippen molar-refractivity contribution in [3.05, 3.63) is 76.1 Å².